The van der Waals surface area contributed by atoms with Crippen LogP contribution < -0.4 is 14.8 Å². The summed E-state index contributed by atoms with van der Waals surface area (Å²) < 4.78 is 12.4. The van der Waals surface area contributed by atoms with Crippen molar-refractivity contribution in [3.63, 3.8) is 0 Å². The Morgan fingerprint density at radius 3 is 2.60 bits per heavy atom. The lowest BCUT2D eigenvalue weighted by atomic mass is 10.0. The zero-order chi connectivity index (χ0) is 21.1. The fraction of sp³-hybridized carbons (Fsp3) is 0.174. The van der Waals surface area contributed by atoms with Gasteiger partial charge in [0, 0.05) is 36.3 Å². The largest absolute Gasteiger partial charge is 0.493 e. The fourth-order valence-electron chi connectivity index (χ4n) is 3.35. The SMILES string of the molecule is COc1ccc(-c2cc(C(=O)NCc3cnn(C)c3)c3ccccc3n2)cc1OC. The molecular weight excluding hydrogens is 380 g/mol. The first-order valence-corrected chi connectivity index (χ1v) is 9.47. The van der Waals surface area contributed by atoms with Gasteiger partial charge < -0.3 is 14.8 Å². The number of aryl methyl sites for hydroxylation is 1. The average molecular weight is 402 g/mol. The van der Waals surface area contributed by atoms with Crippen LogP contribution in [0.4, 0.5) is 0 Å². The van der Waals surface area contributed by atoms with Crippen LogP contribution in [0.25, 0.3) is 22.2 Å². The predicted molar refractivity (Wildman–Crippen MR) is 115 cm³/mol. The monoisotopic (exact) mass is 402 g/mol. The Balaban J connectivity index is 1.73. The molecule has 30 heavy (non-hydrogen) atoms. The summed E-state index contributed by atoms with van der Waals surface area (Å²) in [6.07, 6.45) is 3.61. The van der Waals surface area contributed by atoms with Crippen molar-refractivity contribution in [1.82, 2.24) is 20.1 Å². The van der Waals surface area contributed by atoms with E-state index in [0.29, 0.717) is 29.3 Å². The molecule has 0 spiro atoms. The molecule has 0 unspecified atom stereocenters. The Hall–Kier alpha value is -3.87. The van der Waals surface area contributed by atoms with Crippen LogP contribution in [-0.2, 0) is 13.6 Å². The Kier molecular flexibility index (Phi) is 5.34. The highest BCUT2D eigenvalue weighted by Crippen LogP contribution is 2.33. The second kappa shape index (κ2) is 8.24. The molecule has 7 heteroatoms. The van der Waals surface area contributed by atoms with Crippen LogP contribution in [0.3, 0.4) is 0 Å². The third-order valence-electron chi connectivity index (χ3n) is 4.85. The number of carbonyl (C=O) groups excluding carboxylic acids is 1. The van der Waals surface area contributed by atoms with E-state index in [0.717, 1.165) is 22.0 Å². The van der Waals surface area contributed by atoms with Gasteiger partial charge in [-0.2, -0.15) is 5.10 Å². The van der Waals surface area contributed by atoms with Crippen LogP contribution >= 0.6 is 0 Å². The Bertz CT molecular complexity index is 1220. The van der Waals surface area contributed by atoms with Gasteiger partial charge in [-0.25, -0.2) is 4.98 Å². The molecule has 0 bridgehead atoms. The van der Waals surface area contributed by atoms with Crippen molar-refractivity contribution in [2.75, 3.05) is 14.2 Å². The number of para-hydroxylation sites is 1. The summed E-state index contributed by atoms with van der Waals surface area (Å²) in [4.78, 5) is 17.8. The molecule has 0 atom stereocenters. The molecule has 1 amide bonds. The molecule has 152 valence electrons. The lowest BCUT2D eigenvalue weighted by Gasteiger charge is -2.12. The zero-order valence-electron chi connectivity index (χ0n) is 17.0. The number of nitrogens with zero attached hydrogens (tertiary/aromatic N) is 3. The molecule has 0 aliphatic rings. The van der Waals surface area contributed by atoms with Crippen LogP contribution in [-0.4, -0.2) is 34.9 Å². The number of pyridine rings is 1. The maximum absolute atomic E-state index is 13.0. The van der Waals surface area contributed by atoms with E-state index in [1.54, 1.807) is 25.1 Å². The molecule has 0 radical (unpaired) electrons. The molecule has 4 aromatic rings. The smallest absolute Gasteiger partial charge is 0.252 e. The van der Waals surface area contributed by atoms with Crippen molar-refractivity contribution in [3.05, 3.63) is 72.1 Å². The Morgan fingerprint density at radius 2 is 1.87 bits per heavy atom. The first kappa shape index (κ1) is 19.4. The van der Waals surface area contributed by atoms with Crippen LogP contribution in [0.2, 0.25) is 0 Å². The quantitative estimate of drug-likeness (QED) is 0.533. The molecule has 0 fully saturated rings. The number of hydrogen-bond donors (Lipinski definition) is 1. The van der Waals surface area contributed by atoms with Gasteiger partial charge in [-0.3, -0.25) is 9.48 Å². The van der Waals surface area contributed by atoms with E-state index in [4.69, 9.17) is 14.5 Å². The first-order chi connectivity index (χ1) is 14.6. The van der Waals surface area contributed by atoms with Crippen LogP contribution in [0.1, 0.15) is 15.9 Å². The van der Waals surface area contributed by atoms with E-state index in [2.05, 4.69) is 10.4 Å². The number of methoxy groups -OCH3 is 2. The van der Waals surface area contributed by atoms with Crippen LogP contribution in [0, 0.1) is 0 Å². The summed E-state index contributed by atoms with van der Waals surface area (Å²) in [5.41, 5.74) is 3.76. The van der Waals surface area contributed by atoms with Gasteiger partial charge in [0.1, 0.15) is 0 Å². The second-order valence-corrected chi connectivity index (χ2v) is 6.85. The van der Waals surface area contributed by atoms with E-state index in [9.17, 15) is 4.79 Å². The summed E-state index contributed by atoms with van der Waals surface area (Å²) in [6.45, 7) is 0.398. The van der Waals surface area contributed by atoms with Gasteiger partial charge in [0.15, 0.2) is 11.5 Å². The van der Waals surface area contributed by atoms with Crippen molar-refractivity contribution >= 4 is 16.8 Å². The van der Waals surface area contributed by atoms with Gasteiger partial charge in [-0.15, -0.1) is 0 Å². The number of hydrogen-bond acceptors (Lipinski definition) is 5. The second-order valence-electron chi connectivity index (χ2n) is 6.85. The first-order valence-electron chi connectivity index (χ1n) is 9.47. The number of ether oxygens (including phenoxy) is 2. The summed E-state index contributed by atoms with van der Waals surface area (Å²) in [5.74, 6) is 1.07. The number of fused-ring (bicyclic) bond motifs is 1. The molecule has 0 saturated carbocycles. The fourth-order valence-corrected chi connectivity index (χ4v) is 3.35. The van der Waals surface area contributed by atoms with E-state index in [1.807, 2.05) is 61.8 Å². The number of rotatable bonds is 6. The van der Waals surface area contributed by atoms with E-state index in [-0.39, 0.29) is 5.91 Å². The topological polar surface area (TPSA) is 78.3 Å². The molecule has 1 N–H and O–H groups in total. The van der Waals surface area contributed by atoms with Gasteiger partial charge >= 0.3 is 0 Å². The summed E-state index contributed by atoms with van der Waals surface area (Å²) in [7, 11) is 5.03. The lowest BCUT2D eigenvalue weighted by molar-refractivity contribution is 0.0952. The summed E-state index contributed by atoms with van der Waals surface area (Å²) in [6, 6.07) is 15.0. The van der Waals surface area contributed by atoms with Gasteiger partial charge in [-0.1, -0.05) is 18.2 Å². The highest BCUT2D eigenvalue weighted by molar-refractivity contribution is 6.07. The van der Waals surface area contributed by atoms with Gasteiger partial charge in [0.2, 0.25) is 0 Å². The standard InChI is InChI=1S/C23H22N4O3/c1-27-14-15(13-25-27)12-24-23(28)18-11-20(26-19-7-5-4-6-17(18)19)16-8-9-21(29-2)22(10-16)30-3/h4-11,13-14H,12H2,1-3H3,(H,24,28). The number of carbonyl (C=O) groups is 1. The number of benzene rings is 2. The Morgan fingerprint density at radius 1 is 1.07 bits per heavy atom. The minimum Gasteiger partial charge on any atom is -0.493 e. The molecule has 7 nitrogen and oxygen atoms in total. The minimum absolute atomic E-state index is 0.167. The number of nitrogens with one attached hydrogen (secondary N) is 1. The summed E-state index contributed by atoms with van der Waals surface area (Å²) >= 11 is 0. The van der Waals surface area contributed by atoms with Gasteiger partial charge in [0.05, 0.1) is 37.2 Å². The highest BCUT2D eigenvalue weighted by Gasteiger charge is 2.15. The lowest BCUT2D eigenvalue weighted by Crippen LogP contribution is -2.23. The van der Waals surface area contributed by atoms with Crippen LogP contribution in [0.5, 0.6) is 11.5 Å². The van der Waals surface area contributed by atoms with Crippen molar-refractivity contribution in [1.29, 1.82) is 0 Å². The summed E-state index contributed by atoms with van der Waals surface area (Å²) in [5, 5.41) is 7.91. The molecule has 0 saturated heterocycles. The molecule has 0 aliphatic carbocycles. The Labute approximate surface area is 174 Å². The third-order valence-corrected chi connectivity index (χ3v) is 4.85. The van der Waals surface area contributed by atoms with Gasteiger partial charge in [0.25, 0.3) is 5.91 Å². The van der Waals surface area contributed by atoms with E-state index in [1.165, 1.54) is 0 Å². The van der Waals surface area contributed by atoms with Gasteiger partial charge in [-0.05, 0) is 30.3 Å². The molecule has 2 aromatic heterocycles. The zero-order valence-corrected chi connectivity index (χ0v) is 17.0. The van der Waals surface area contributed by atoms with Crippen molar-refractivity contribution < 1.29 is 14.3 Å². The van der Waals surface area contributed by atoms with Crippen molar-refractivity contribution in [2.45, 2.75) is 6.54 Å². The van der Waals surface area contributed by atoms with E-state index < -0.39 is 0 Å². The molecule has 2 aromatic carbocycles. The average Bonchev–Trinajstić information content (AvgIpc) is 3.21. The maximum Gasteiger partial charge on any atom is 0.252 e. The minimum atomic E-state index is -0.167. The predicted octanol–water partition coefficient (Wildman–Crippen LogP) is 3.58. The number of amides is 1. The third kappa shape index (κ3) is 3.82. The van der Waals surface area contributed by atoms with Crippen molar-refractivity contribution in [2.24, 2.45) is 7.05 Å². The van der Waals surface area contributed by atoms with Crippen molar-refractivity contribution in [3.8, 4) is 22.8 Å². The van der Waals surface area contributed by atoms with Crippen LogP contribution in [0.15, 0.2) is 60.9 Å². The normalized spacial score (nSPS) is 10.8. The molecule has 0 aliphatic heterocycles. The maximum atomic E-state index is 13.0. The highest BCUT2D eigenvalue weighted by atomic mass is 16.5. The molecular formula is C23H22N4O3. The number of aromatic nitrogens is 3. The molecule has 4 rings (SSSR count). The van der Waals surface area contributed by atoms with E-state index >= 15 is 0 Å². The molecule has 2 heterocycles.